The summed E-state index contributed by atoms with van der Waals surface area (Å²) in [5.41, 5.74) is 0.0326. The molecule has 7 nitrogen and oxygen atoms in total. The van der Waals surface area contributed by atoms with E-state index in [-0.39, 0.29) is 6.10 Å². The Balaban J connectivity index is 2.61. The first-order chi connectivity index (χ1) is 11.1. The molecule has 24 heavy (non-hydrogen) atoms. The first kappa shape index (κ1) is 19.8. The lowest BCUT2D eigenvalue weighted by molar-refractivity contribution is 0.111. The summed E-state index contributed by atoms with van der Waals surface area (Å²) >= 11 is 5.83. The number of rotatable bonds is 5. The second-order valence-electron chi connectivity index (χ2n) is 5.89. The molecule has 0 aliphatic carbocycles. The second-order valence-corrected chi connectivity index (χ2v) is 6.33. The van der Waals surface area contributed by atoms with Crippen LogP contribution in [-0.4, -0.2) is 29.5 Å². The number of nitrogens with one attached hydrogen (secondary N) is 2. The van der Waals surface area contributed by atoms with E-state index in [0.29, 0.717) is 16.4 Å². The molecule has 0 saturated carbocycles. The molecule has 0 aliphatic rings. The van der Waals surface area contributed by atoms with Gasteiger partial charge in [0.15, 0.2) is 0 Å². The molecule has 0 saturated heterocycles. The van der Waals surface area contributed by atoms with Gasteiger partial charge in [-0.1, -0.05) is 22.8 Å². The maximum absolute atomic E-state index is 11.7. The number of amides is 2. The molecule has 2 amide bonds. The van der Waals surface area contributed by atoms with Gasteiger partial charge in [-0.05, 0) is 52.8 Å². The van der Waals surface area contributed by atoms with Crippen LogP contribution in [0.25, 0.3) is 0 Å². The van der Waals surface area contributed by atoms with E-state index in [2.05, 4.69) is 15.8 Å². The summed E-state index contributed by atoms with van der Waals surface area (Å²) in [6.07, 6.45) is -1.58. The maximum atomic E-state index is 11.7. The fourth-order valence-electron chi connectivity index (χ4n) is 1.52. The average Bonchev–Trinajstić information content (AvgIpc) is 2.43. The van der Waals surface area contributed by atoms with Crippen LogP contribution in [0.4, 0.5) is 15.3 Å². The van der Waals surface area contributed by atoms with Gasteiger partial charge >= 0.3 is 12.2 Å². The molecule has 1 aromatic carbocycles. The summed E-state index contributed by atoms with van der Waals surface area (Å²) in [4.78, 5) is 28.2. The number of halogens is 1. The van der Waals surface area contributed by atoms with E-state index in [1.807, 2.05) is 0 Å². The minimum absolute atomic E-state index is 0.238. The third-order valence-electron chi connectivity index (χ3n) is 3.00. The first-order valence-corrected chi connectivity index (χ1v) is 7.75. The predicted molar refractivity (Wildman–Crippen MR) is 93.5 cm³/mol. The van der Waals surface area contributed by atoms with E-state index in [9.17, 15) is 9.59 Å². The summed E-state index contributed by atoms with van der Waals surface area (Å²) < 4.78 is 5.01. The van der Waals surface area contributed by atoms with E-state index in [1.165, 1.54) is 0 Å². The van der Waals surface area contributed by atoms with Gasteiger partial charge in [0, 0.05) is 10.7 Å². The van der Waals surface area contributed by atoms with Crippen molar-refractivity contribution >= 4 is 35.2 Å². The molecule has 2 N–H and O–H groups in total. The van der Waals surface area contributed by atoms with Gasteiger partial charge in [-0.25, -0.2) is 9.59 Å². The quantitative estimate of drug-likeness (QED) is 0.471. The van der Waals surface area contributed by atoms with Crippen LogP contribution in [0.1, 0.15) is 34.6 Å². The third kappa shape index (κ3) is 6.87. The molecule has 0 spiro atoms. The van der Waals surface area contributed by atoms with Gasteiger partial charge in [0.1, 0.15) is 0 Å². The molecule has 132 valence electrons. The Hall–Kier alpha value is -2.28. The molecule has 0 bridgehead atoms. The van der Waals surface area contributed by atoms with Gasteiger partial charge in [-0.3, -0.25) is 10.2 Å². The molecular formula is C16H22ClN3O4. The zero-order valence-electron chi connectivity index (χ0n) is 14.3. The average molecular weight is 356 g/mol. The van der Waals surface area contributed by atoms with Crippen molar-refractivity contribution in [3.8, 4) is 0 Å². The van der Waals surface area contributed by atoms with E-state index in [4.69, 9.17) is 21.2 Å². The highest BCUT2D eigenvalue weighted by atomic mass is 35.5. The zero-order valence-corrected chi connectivity index (χ0v) is 15.1. The van der Waals surface area contributed by atoms with Crippen molar-refractivity contribution in [1.29, 1.82) is 0 Å². The van der Waals surface area contributed by atoms with Crippen molar-refractivity contribution in [2.45, 2.75) is 46.3 Å². The number of hydrogen-bond donors (Lipinski definition) is 2. The molecule has 8 heteroatoms. The van der Waals surface area contributed by atoms with Crippen LogP contribution < -0.4 is 10.6 Å². The van der Waals surface area contributed by atoms with E-state index >= 15 is 0 Å². The van der Waals surface area contributed by atoms with Crippen LogP contribution >= 0.6 is 11.6 Å². The van der Waals surface area contributed by atoms with Crippen molar-refractivity contribution in [3.63, 3.8) is 0 Å². The number of carbonyl (C=O) groups excluding carboxylic acids is 2. The van der Waals surface area contributed by atoms with Gasteiger partial charge in [0.2, 0.25) is 0 Å². The molecule has 0 fully saturated rings. The second kappa shape index (κ2) is 8.54. The van der Waals surface area contributed by atoms with Crippen molar-refractivity contribution in [1.82, 2.24) is 5.32 Å². The Morgan fingerprint density at radius 1 is 1.25 bits per heavy atom. The summed E-state index contributed by atoms with van der Waals surface area (Å²) in [7, 11) is 0. The summed E-state index contributed by atoms with van der Waals surface area (Å²) in [6.45, 7) is 8.55. The normalized spacial score (nSPS) is 11.9. The largest absolute Gasteiger partial charge is 0.447 e. The molecular weight excluding hydrogens is 334 g/mol. The van der Waals surface area contributed by atoms with Crippen LogP contribution in [0, 0.1) is 0 Å². The number of anilines is 1. The SMILES string of the molecule is CC(=NOC(=O)Nc1cccc(Cl)c1)C(C)(C)NC(=O)OC(C)C. The minimum atomic E-state index is -0.845. The molecule has 0 heterocycles. The lowest BCUT2D eigenvalue weighted by Crippen LogP contribution is -2.49. The van der Waals surface area contributed by atoms with Crippen molar-refractivity contribution in [2.24, 2.45) is 5.16 Å². The Morgan fingerprint density at radius 3 is 2.50 bits per heavy atom. The monoisotopic (exact) mass is 355 g/mol. The standard InChI is InChI=1S/C16H22ClN3O4/c1-10(2)23-15(22)19-16(4,5)11(3)20-24-14(21)18-13-8-6-7-12(17)9-13/h6-10H,1-5H3,(H,18,21)(H,19,22). The highest BCUT2D eigenvalue weighted by Gasteiger charge is 2.26. The Kier molecular flexibility index (Phi) is 7.03. The minimum Gasteiger partial charge on any atom is -0.447 e. The molecule has 1 aromatic rings. The van der Waals surface area contributed by atoms with Crippen LogP contribution in [0.5, 0.6) is 0 Å². The smallest absolute Gasteiger partial charge is 0.437 e. The van der Waals surface area contributed by atoms with Gasteiger partial charge in [0.25, 0.3) is 0 Å². The lowest BCUT2D eigenvalue weighted by atomic mass is 10.0. The van der Waals surface area contributed by atoms with E-state index in [1.54, 1.807) is 58.9 Å². The fraction of sp³-hybridized carbons (Fsp3) is 0.438. The molecule has 0 atom stereocenters. The fourth-order valence-corrected chi connectivity index (χ4v) is 1.71. The van der Waals surface area contributed by atoms with Gasteiger partial charge in [0.05, 0.1) is 17.4 Å². The van der Waals surface area contributed by atoms with Crippen LogP contribution in [-0.2, 0) is 9.57 Å². The number of carbonyl (C=O) groups is 2. The van der Waals surface area contributed by atoms with Gasteiger partial charge in [-0.2, -0.15) is 0 Å². The van der Waals surface area contributed by atoms with Crippen LogP contribution in [0.2, 0.25) is 5.02 Å². The maximum Gasteiger partial charge on any atom is 0.437 e. The lowest BCUT2D eigenvalue weighted by Gasteiger charge is -2.25. The molecule has 0 radical (unpaired) electrons. The van der Waals surface area contributed by atoms with Crippen molar-refractivity contribution in [2.75, 3.05) is 5.32 Å². The topological polar surface area (TPSA) is 89.0 Å². The van der Waals surface area contributed by atoms with Gasteiger partial charge in [-0.15, -0.1) is 0 Å². The number of hydrogen-bond acceptors (Lipinski definition) is 5. The van der Waals surface area contributed by atoms with Crippen LogP contribution in [0.15, 0.2) is 29.4 Å². The van der Waals surface area contributed by atoms with Crippen molar-refractivity contribution in [3.05, 3.63) is 29.3 Å². The molecule has 1 rings (SSSR count). The Morgan fingerprint density at radius 2 is 1.92 bits per heavy atom. The predicted octanol–water partition coefficient (Wildman–Crippen LogP) is 4.18. The number of alkyl carbamates (subject to hydrolysis) is 1. The third-order valence-corrected chi connectivity index (χ3v) is 3.23. The summed E-state index contributed by atoms with van der Waals surface area (Å²) in [6, 6.07) is 6.62. The highest BCUT2D eigenvalue weighted by Crippen LogP contribution is 2.15. The number of nitrogens with zero attached hydrogens (tertiary/aromatic N) is 1. The van der Waals surface area contributed by atoms with E-state index < -0.39 is 17.7 Å². The first-order valence-electron chi connectivity index (χ1n) is 7.37. The molecule has 0 unspecified atom stereocenters. The Labute approximate surface area is 146 Å². The van der Waals surface area contributed by atoms with Gasteiger partial charge < -0.3 is 10.1 Å². The summed E-state index contributed by atoms with van der Waals surface area (Å²) in [5, 5.41) is 9.37. The number of ether oxygens (including phenoxy) is 1. The summed E-state index contributed by atoms with van der Waals surface area (Å²) in [5.74, 6) is 0. The van der Waals surface area contributed by atoms with Crippen LogP contribution in [0.3, 0.4) is 0 Å². The van der Waals surface area contributed by atoms with Crippen molar-refractivity contribution < 1.29 is 19.2 Å². The number of benzene rings is 1. The highest BCUT2D eigenvalue weighted by molar-refractivity contribution is 6.30. The zero-order chi connectivity index (χ0) is 18.3. The molecule has 0 aromatic heterocycles. The number of oxime groups is 1. The Bertz CT molecular complexity index is 630. The van der Waals surface area contributed by atoms with E-state index in [0.717, 1.165) is 0 Å². The molecule has 0 aliphatic heterocycles.